The van der Waals surface area contributed by atoms with E-state index >= 15 is 0 Å². The quantitative estimate of drug-likeness (QED) is 0.654. The summed E-state index contributed by atoms with van der Waals surface area (Å²) >= 11 is 6.02. The highest BCUT2D eigenvalue weighted by molar-refractivity contribution is 6.30. The van der Waals surface area contributed by atoms with Crippen molar-refractivity contribution in [3.05, 3.63) is 71.6 Å². The highest BCUT2D eigenvalue weighted by Gasteiger charge is 2.22. The number of pyridine rings is 1. The van der Waals surface area contributed by atoms with E-state index in [-0.39, 0.29) is 5.91 Å². The molecule has 0 spiro atoms. The summed E-state index contributed by atoms with van der Waals surface area (Å²) in [4.78, 5) is 29.6. The smallest absolute Gasteiger partial charge is 0.223 e. The van der Waals surface area contributed by atoms with E-state index in [1.807, 2.05) is 53.4 Å². The number of anilines is 3. The van der Waals surface area contributed by atoms with Gasteiger partial charge in [-0.2, -0.15) is 0 Å². The number of carbonyl (C=O) groups is 1. The van der Waals surface area contributed by atoms with Gasteiger partial charge in [-0.05, 0) is 36.2 Å². The third-order valence-electron chi connectivity index (χ3n) is 5.05. The maximum Gasteiger partial charge on any atom is 0.223 e. The molecule has 1 saturated heterocycles. The fraction of sp³-hybridized carbons (Fsp3) is 0.273. The number of aromatic nitrogens is 3. The standard InChI is InChI=1S/C22H23ClN6O/c23-18-5-3-4-17(14-18)7-8-22(30)29-12-10-28(11-13-29)21-15-20(25-16-26-21)27-19-6-1-2-9-24-19/h1-6,9,14-16H,7-8,10-13H2,(H,24,25,26,27). The zero-order chi connectivity index (χ0) is 20.8. The highest BCUT2D eigenvalue weighted by Crippen LogP contribution is 2.19. The molecule has 1 aliphatic rings. The van der Waals surface area contributed by atoms with Crippen LogP contribution < -0.4 is 10.2 Å². The summed E-state index contributed by atoms with van der Waals surface area (Å²) in [6.07, 6.45) is 4.47. The van der Waals surface area contributed by atoms with Crippen LogP contribution in [-0.4, -0.2) is 51.9 Å². The van der Waals surface area contributed by atoms with Crippen LogP contribution in [0.15, 0.2) is 61.1 Å². The Morgan fingerprint density at radius 2 is 1.83 bits per heavy atom. The van der Waals surface area contributed by atoms with Crippen molar-refractivity contribution >= 4 is 35.0 Å². The molecule has 0 radical (unpaired) electrons. The third kappa shape index (κ3) is 5.24. The molecule has 0 aliphatic carbocycles. The van der Waals surface area contributed by atoms with E-state index < -0.39 is 0 Å². The van der Waals surface area contributed by atoms with Crippen molar-refractivity contribution < 1.29 is 4.79 Å². The van der Waals surface area contributed by atoms with Gasteiger partial charge >= 0.3 is 0 Å². The van der Waals surface area contributed by atoms with Crippen LogP contribution >= 0.6 is 11.6 Å². The first-order valence-electron chi connectivity index (χ1n) is 9.95. The van der Waals surface area contributed by atoms with E-state index in [0.717, 1.165) is 30.3 Å². The van der Waals surface area contributed by atoms with E-state index in [1.165, 1.54) is 0 Å². The van der Waals surface area contributed by atoms with E-state index in [9.17, 15) is 4.79 Å². The monoisotopic (exact) mass is 422 g/mol. The number of nitrogens with one attached hydrogen (secondary N) is 1. The van der Waals surface area contributed by atoms with Crippen LogP contribution in [0.4, 0.5) is 17.5 Å². The van der Waals surface area contributed by atoms with Gasteiger partial charge < -0.3 is 15.1 Å². The van der Waals surface area contributed by atoms with Crippen molar-refractivity contribution in [2.75, 3.05) is 36.4 Å². The summed E-state index contributed by atoms with van der Waals surface area (Å²) in [7, 11) is 0. The molecule has 1 aliphatic heterocycles. The predicted molar refractivity (Wildman–Crippen MR) is 118 cm³/mol. The van der Waals surface area contributed by atoms with Gasteiger partial charge in [0.25, 0.3) is 0 Å². The van der Waals surface area contributed by atoms with Crippen molar-refractivity contribution in [2.45, 2.75) is 12.8 Å². The summed E-state index contributed by atoms with van der Waals surface area (Å²) in [5, 5.41) is 3.89. The van der Waals surface area contributed by atoms with Crippen LogP contribution in [0, 0.1) is 0 Å². The molecule has 30 heavy (non-hydrogen) atoms. The minimum Gasteiger partial charge on any atom is -0.353 e. The maximum absolute atomic E-state index is 12.6. The van der Waals surface area contributed by atoms with Gasteiger partial charge in [0.1, 0.15) is 23.8 Å². The first kappa shape index (κ1) is 20.1. The lowest BCUT2D eigenvalue weighted by Crippen LogP contribution is -2.49. The van der Waals surface area contributed by atoms with Gasteiger partial charge in [0.15, 0.2) is 0 Å². The molecule has 0 saturated carbocycles. The highest BCUT2D eigenvalue weighted by atomic mass is 35.5. The number of halogens is 1. The molecule has 8 heteroatoms. The van der Waals surface area contributed by atoms with Crippen molar-refractivity contribution in [1.82, 2.24) is 19.9 Å². The van der Waals surface area contributed by atoms with Crippen LogP contribution in [0.3, 0.4) is 0 Å². The summed E-state index contributed by atoms with van der Waals surface area (Å²) in [5.41, 5.74) is 1.09. The SMILES string of the molecule is O=C(CCc1cccc(Cl)c1)N1CCN(c2cc(Nc3ccccn3)ncn2)CC1. The van der Waals surface area contributed by atoms with Gasteiger partial charge in [0.2, 0.25) is 5.91 Å². The van der Waals surface area contributed by atoms with Gasteiger partial charge in [0, 0.05) is 49.9 Å². The predicted octanol–water partition coefficient (Wildman–Crippen LogP) is 3.55. The Labute approximate surface area is 180 Å². The number of amides is 1. The number of hydrogen-bond acceptors (Lipinski definition) is 6. The van der Waals surface area contributed by atoms with Crippen molar-refractivity contribution in [3.63, 3.8) is 0 Å². The zero-order valence-electron chi connectivity index (χ0n) is 16.5. The minimum absolute atomic E-state index is 0.176. The zero-order valence-corrected chi connectivity index (χ0v) is 17.3. The van der Waals surface area contributed by atoms with Crippen LogP contribution in [-0.2, 0) is 11.2 Å². The molecular formula is C22H23ClN6O. The second-order valence-corrected chi connectivity index (χ2v) is 7.54. The summed E-state index contributed by atoms with van der Waals surface area (Å²) in [6, 6.07) is 15.3. The van der Waals surface area contributed by atoms with Crippen LogP contribution in [0.5, 0.6) is 0 Å². The maximum atomic E-state index is 12.6. The van der Waals surface area contributed by atoms with Gasteiger partial charge in [-0.1, -0.05) is 29.8 Å². The number of piperazine rings is 1. The van der Waals surface area contributed by atoms with Crippen LogP contribution in [0.1, 0.15) is 12.0 Å². The molecule has 1 amide bonds. The average Bonchev–Trinajstić information content (AvgIpc) is 2.78. The lowest BCUT2D eigenvalue weighted by molar-refractivity contribution is -0.131. The van der Waals surface area contributed by atoms with Gasteiger partial charge in [-0.15, -0.1) is 0 Å². The molecule has 1 aromatic carbocycles. The fourth-order valence-corrected chi connectivity index (χ4v) is 3.66. The normalized spacial score (nSPS) is 13.9. The molecule has 7 nitrogen and oxygen atoms in total. The molecular weight excluding hydrogens is 400 g/mol. The van der Waals surface area contributed by atoms with Crippen molar-refractivity contribution in [3.8, 4) is 0 Å². The Bertz CT molecular complexity index is 992. The van der Waals surface area contributed by atoms with Crippen molar-refractivity contribution in [1.29, 1.82) is 0 Å². The summed E-state index contributed by atoms with van der Waals surface area (Å²) in [6.45, 7) is 2.84. The van der Waals surface area contributed by atoms with Gasteiger partial charge in [-0.3, -0.25) is 4.79 Å². The molecule has 1 fully saturated rings. The third-order valence-corrected chi connectivity index (χ3v) is 5.28. The Morgan fingerprint density at radius 3 is 2.60 bits per heavy atom. The van der Waals surface area contributed by atoms with Crippen molar-refractivity contribution in [2.24, 2.45) is 0 Å². The average molecular weight is 423 g/mol. The second-order valence-electron chi connectivity index (χ2n) is 7.10. The number of rotatable bonds is 6. The van der Waals surface area contributed by atoms with E-state index in [0.29, 0.717) is 36.8 Å². The van der Waals surface area contributed by atoms with Gasteiger partial charge in [-0.25, -0.2) is 15.0 Å². The molecule has 0 bridgehead atoms. The molecule has 0 unspecified atom stereocenters. The van der Waals surface area contributed by atoms with E-state index in [1.54, 1.807) is 12.5 Å². The molecule has 4 rings (SSSR count). The summed E-state index contributed by atoms with van der Waals surface area (Å²) < 4.78 is 0. The van der Waals surface area contributed by atoms with E-state index in [4.69, 9.17) is 11.6 Å². The topological polar surface area (TPSA) is 74.2 Å². The fourth-order valence-electron chi connectivity index (χ4n) is 3.44. The second kappa shape index (κ2) is 9.54. The number of carbonyl (C=O) groups excluding carboxylic acids is 1. The Morgan fingerprint density at radius 1 is 0.967 bits per heavy atom. The van der Waals surface area contributed by atoms with Crippen LogP contribution in [0.25, 0.3) is 0 Å². The first-order chi connectivity index (χ1) is 14.7. The molecule has 0 atom stereocenters. The Hall–Kier alpha value is -3.19. The molecule has 3 aromatic rings. The van der Waals surface area contributed by atoms with E-state index in [2.05, 4.69) is 25.2 Å². The Kier molecular flexibility index (Phi) is 6.39. The number of aryl methyl sites for hydroxylation is 1. The van der Waals surface area contributed by atoms with Crippen LogP contribution in [0.2, 0.25) is 5.02 Å². The molecule has 2 aromatic heterocycles. The number of hydrogen-bond donors (Lipinski definition) is 1. The Balaban J connectivity index is 1.30. The van der Waals surface area contributed by atoms with Gasteiger partial charge in [0.05, 0.1) is 0 Å². The lowest BCUT2D eigenvalue weighted by Gasteiger charge is -2.35. The largest absolute Gasteiger partial charge is 0.353 e. The molecule has 154 valence electrons. The molecule has 1 N–H and O–H groups in total. The number of nitrogens with zero attached hydrogens (tertiary/aromatic N) is 5. The number of benzene rings is 1. The lowest BCUT2D eigenvalue weighted by atomic mass is 10.1. The minimum atomic E-state index is 0.176. The first-order valence-corrected chi connectivity index (χ1v) is 10.3. The molecule has 3 heterocycles. The summed E-state index contributed by atoms with van der Waals surface area (Å²) in [5.74, 6) is 2.44.